The second-order valence-electron chi connectivity index (χ2n) is 5.43. The summed E-state index contributed by atoms with van der Waals surface area (Å²) in [5, 5.41) is 14.0. The summed E-state index contributed by atoms with van der Waals surface area (Å²) >= 11 is 6.08. The van der Waals surface area contributed by atoms with Crippen LogP contribution in [0.25, 0.3) is 0 Å². The molecule has 1 aromatic rings. The Bertz CT molecular complexity index is 486. The summed E-state index contributed by atoms with van der Waals surface area (Å²) in [5.41, 5.74) is 0.0155. The fourth-order valence-electron chi connectivity index (χ4n) is 2.85. The molecule has 1 saturated carbocycles. The normalized spacial score (nSPS) is 18.4. The molecule has 2 N–H and O–H groups in total. The van der Waals surface area contributed by atoms with Gasteiger partial charge in [0.2, 0.25) is 0 Å². The Balaban J connectivity index is 2.02. The first-order valence-corrected chi connectivity index (χ1v) is 7.81. The minimum Gasteiger partial charge on any atom is -0.465 e. The van der Waals surface area contributed by atoms with Crippen LogP contribution in [-0.2, 0) is 9.53 Å². The van der Waals surface area contributed by atoms with Crippen LogP contribution in [-0.4, -0.2) is 29.8 Å². The van der Waals surface area contributed by atoms with Crippen LogP contribution in [0.4, 0.5) is 0 Å². The zero-order chi connectivity index (χ0) is 15.3. The quantitative estimate of drug-likeness (QED) is 0.793. The number of aliphatic hydroxyl groups is 1. The lowest BCUT2D eigenvalue weighted by Gasteiger charge is -2.29. The van der Waals surface area contributed by atoms with E-state index in [4.69, 9.17) is 16.3 Å². The van der Waals surface area contributed by atoms with Crippen molar-refractivity contribution in [2.24, 2.45) is 0 Å². The van der Waals surface area contributed by atoms with Crippen LogP contribution in [0.1, 0.15) is 44.3 Å². The zero-order valence-electron chi connectivity index (χ0n) is 12.3. The van der Waals surface area contributed by atoms with Gasteiger partial charge in [-0.25, -0.2) is 0 Å². The van der Waals surface area contributed by atoms with Gasteiger partial charge in [-0.1, -0.05) is 42.6 Å². The predicted octanol–water partition coefficient (Wildman–Crippen LogP) is 2.84. The Morgan fingerprint density at radius 1 is 1.43 bits per heavy atom. The Morgan fingerprint density at radius 2 is 2.10 bits per heavy atom. The van der Waals surface area contributed by atoms with Gasteiger partial charge in [-0.15, -0.1) is 0 Å². The van der Waals surface area contributed by atoms with E-state index in [-0.39, 0.29) is 12.5 Å². The van der Waals surface area contributed by atoms with E-state index in [0.717, 1.165) is 25.7 Å². The number of esters is 1. The van der Waals surface area contributed by atoms with E-state index in [9.17, 15) is 9.90 Å². The molecule has 0 radical (unpaired) electrons. The third-order valence-electron chi connectivity index (χ3n) is 4.02. The molecule has 0 aromatic heterocycles. The molecule has 1 unspecified atom stereocenters. The number of β-amino-alcohol motifs (C(OH)–C–C–N with tert-alkyl or cyclic N) is 1. The third kappa shape index (κ3) is 3.76. The van der Waals surface area contributed by atoms with Crippen LogP contribution < -0.4 is 5.32 Å². The van der Waals surface area contributed by atoms with E-state index in [1.807, 2.05) is 12.1 Å². The van der Waals surface area contributed by atoms with Gasteiger partial charge in [0.05, 0.1) is 12.7 Å². The molecule has 0 amide bonds. The van der Waals surface area contributed by atoms with Crippen LogP contribution in [0.3, 0.4) is 0 Å². The summed E-state index contributed by atoms with van der Waals surface area (Å²) in [6.07, 6.45) is 2.75. The highest BCUT2D eigenvalue weighted by Crippen LogP contribution is 2.32. The zero-order valence-corrected chi connectivity index (χ0v) is 13.0. The van der Waals surface area contributed by atoms with Gasteiger partial charge in [-0.3, -0.25) is 10.1 Å². The van der Waals surface area contributed by atoms with Crippen LogP contribution in [0.15, 0.2) is 24.3 Å². The van der Waals surface area contributed by atoms with E-state index in [0.29, 0.717) is 17.2 Å². The second kappa shape index (κ2) is 7.25. The lowest BCUT2D eigenvalue weighted by atomic mass is 9.97. The van der Waals surface area contributed by atoms with Crippen molar-refractivity contribution < 1.29 is 14.6 Å². The maximum atomic E-state index is 12.2. The third-order valence-corrected chi connectivity index (χ3v) is 4.37. The molecule has 116 valence electrons. The largest absolute Gasteiger partial charge is 0.465 e. The van der Waals surface area contributed by atoms with Gasteiger partial charge in [0.25, 0.3) is 0 Å². The van der Waals surface area contributed by atoms with Gasteiger partial charge in [-0.05, 0) is 25.8 Å². The van der Waals surface area contributed by atoms with Crippen molar-refractivity contribution in [3.63, 3.8) is 0 Å². The number of hydrogen-bond acceptors (Lipinski definition) is 4. The Morgan fingerprint density at radius 3 is 2.71 bits per heavy atom. The van der Waals surface area contributed by atoms with Crippen molar-refractivity contribution >= 4 is 17.6 Å². The lowest BCUT2D eigenvalue weighted by molar-refractivity contribution is -0.151. The molecule has 0 saturated heterocycles. The van der Waals surface area contributed by atoms with Gasteiger partial charge in [-0.2, -0.15) is 0 Å². The molecule has 0 heterocycles. The van der Waals surface area contributed by atoms with Crippen molar-refractivity contribution in [2.45, 2.75) is 44.2 Å². The summed E-state index contributed by atoms with van der Waals surface area (Å²) in [4.78, 5) is 12.2. The molecule has 21 heavy (non-hydrogen) atoms. The molecule has 5 heteroatoms. The molecular weight excluding hydrogens is 290 g/mol. The molecule has 0 bridgehead atoms. The van der Waals surface area contributed by atoms with Crippen molar-refractivity contribution in [2.75, 3.05) is 13.2 Å². The van der Waals surface area contributed by atoms with Gasteiger partial charge < -0.3 is 9.84 Å². The molecule has 1 aliphatic carbocycles. The summed E-state index contributed by atoms with van der Waals surface area (Å²) in [5.74, 6) is -0.214. The molecule has 1 aromatic carbocycles. The molecule has 0 aliphatic heterocycles. The maximum absolute atomic E-state index is 12.2. The molecule has 1 fully saturated rings. The summed E-state index contributed by atoms with van der Waals surface area (Å²) in [6.45, 7) is 2.46. The van der Waals surface area contributed by atoms with Gasteiger partial charge in [0, 0.05) is 17.1 Å². The average Bonchev–Trinajstić information content (AvgIpc) is 2.96. The number of nitrogens with one attached hydrogen (secondary N) is 1. The Hall–Kier alpha value is -1.10. The average molecular weight is 312 g/mol. The number of carbonyl (C=O) groups is 1. The summed E-state index contributed by atoms with van der Waals surface area (Å²) < 4.78 is 5.18. The monoisotopic (exact) mass is 311 g/mol. The van der Waals surface area contributed by atoms with Gasteiger partial charge >= 0.3 is 5.97 Å². The maximum Gasteiger partial charge on any atom is 0.326 e. The molecule has 4 nitrogen and oxygen atoms in total. The Kier molecular flexibility index (Phi) is 5.62. The molecule has 1 atom stereocenters. The standard InChI is InChI=1S/C16H22ClNO3/c1-2-21-15(20)16(9-5-6-10-16)18-11-14(19)12-7-3-4-8-13(12)17/h3-4,7-8,14,18-19H,2,5-6,9-11H2,1H3. The van der Waals surface area contributed by atoms with Crippen LogP contribution >= 0.6 is 11.6 Å². The first kappa shape index (κ1) is 16.3. The lowest BCUT2D eigenvalue weighted by Crippen LogP contribution is -2.52. The highest BCUT2D eigenvalue weighted by molar-refractivity contribution is 6.31. The molecule has 0 spiro atoms. The van der Waals surface area contributed by atoms with Gasteiger partial charge in [0.15, 0.2) is 0 Å². The van der Waals surface area contributed by atoms with Crippen molar-refractivity contribution in [1.29, 1.82) is 0 Å². The number of aliphatic hydroxyl groups excluding tert-OH is 1. The van der Waals surface area contributed by atoms with Crippen molar-refractivity contribution in [3.8, 4) is 0 Å². The van der Waals surface area contributed by atoms with E-state index in [1.54, 1.807) is 19.1 Å². The molecular formula is C16H22ClNO3. The fourth-order valence-corrected chi connectivity index (χ4v) is 3.11. The second-order valence-corrected chi connectivity index (χ2v) is 5.84. The summed E-state index contributed by atoms with van der Waals surface area (Å²) in [7, 11) is 0. The van der Waals surface area contributed by atoms with Crippen LogP contribution in [0.2, 0.25) is 5.02 Å². The highest BCUT2D eigenvalue weighted by atomic mass is 35.5. The van der Waals surface area contributed by atoms with Crippen LogP contribution in [0, 0.1) is 0 Å². The minimum absolute atomic E-state index is 0.214. The SMILES string of the molecule is CCOC(=O)C1(NCC(O)c2ccccc2Cl)CCCC1. The number of rotatable bonds is 6. The van der Waals surface area contributed by atoms with Crippen molar-refractivity contribution in [1.82, 2.24) is 5.32 Å². The number of carbonyl (C=O) groups excluding carboxylic acids is 1. The predicted molar refractivity (Wildman–Crippen MR) is 82.2 cm³/mol. The van der Waals surface area contributed by atoms with Gasteiger partial charge in [0.1, 0.15) is 5.54 Å². The smallest absolute Gasteiger partial charge is 0.326 e. The first-order valence-electron chi connectivity index (χ1n) is 7.44. The first-order chi connectivity index (χ1) is 10.1. The highest BCUT2D eigenvalue weighted by Gasteiger charge is 2.42. The van der Waals surface area contributed by atoms with E-state index < -0.39 is 11.6 Å². The van der Waals surface area contributed by atoms with E-state index in [2.05, 4.69) is 5.32 Å². The summed E-state index contributed by atoms with van der Waals surface area (Å²) in [6, 6.07) is 7.20. The number of ether oxygens (including phenoxy) is 1. The van der Waals surface area contributed by atoms with E-state index in [1.165, 1.54) is 0 Å². The van der Waals surface area contributed by atoms with E-state index >= 15 is 0 Å². The number of benzene rings is 1. The van der Waals surface area contributed by atoms with Crippen molar-refractivity contribution in [3.05, 3.63) is 34.9 Å². The fraction of sp³-hybridized carbons (Fsp3) is 0.562. The molecule has 1 aliphatic rings. The molecule has 2 rings (SSSR count). The topological polar surface area (TPSA) is 58.6 Å². The number of hydrogen-bond donors (Lipinski definition) is 2. The minimum atomic E-state index is -0.745. The van der Waals surface area contributed by atoms with Crippen LogP contribution in [0.5, 0.6) is 0 Å². The Labute approximate surface area is 130 Å². The number of halogens is 1.